The minimum Gasteiger partial charge on any atom is -0.469 e. The smallest absolute Gasteiger partial charge is 0.314 e. The number of hydrogen-bond acceptors (Lipinski definition) is 5. The maximum atomic E-state index is 11.9. The Hall–Kier alpha value is -2.21. The standard InChI is InChI=1S/C14H16N2O4/c1-20-14(19)11(10-5-3-2-4-6-10)7-16-8-12(17)15-13(18)9-16/h2-6,11H,7-9H2,1H3,(H,15,17,18). The summed E-state index contributed by atoms with van der Waals surface area (Å²) in [5.74, 6) is -1.59. The molecule has 1 heterocycles. The summed E-state index contributed by atoms with van der Waals surface area (Å²) in [5, 5.41) is 2.23. The van der Waals surface area contributed by atoms with Crippen molar-refractivity contribution in [1.82, 2.24) is 10.2 Å². The van der Waals surface area contributed by atoms with Gasteiger partial charge in [0.25, 0.3) is 0 Å². The highest BCUT2D eigenvalue weighted by atomic mass is 16.5. The van der Waals surface area contributed by atoms with Crippen LogP contribution in [0, 0.1) is 0 Å². The van der Waals surface area contributed by atoms with Crippen molar-refractivity contribution in [3.05, 3.63) is 35.9 Å². The quantitative estimate of drug-likeness (QED) is 0.614. The lowest BCUT2D eigenvalue weighted by Gasteiger charge is -2.28. The number of rotatable bonds is 4. The number of nitrogens with one attached hydrogen (secondary N) is 1. The number of carbonyl (C=O) groups excluding carboxylic acids is 3. The topological polar surface area (TPSA) is 75.7 Å². The van der Waals surface area contributed by atoms with Crippen LogP contribution < -0.4 is 5.32 Å². The van der Waals surface area contributed by atoms with Crippen LogP contribution in [-0.2, 0) is 19.1 Å². The van der Waals surface area contributed by atoms with Crippen molar-refractivity contribution in [2.75, 3.05) is 26.7 Å². The third-order valence-electron chi connectivity index (χ3n) is 3.14. The van der Waals surface area contributed by atoms with Gasteiger partial charge in [-0.15, -0.1) is 0 Å². The fraction of sp³-hybridized carbons (Fsp3) is 0.357. The number of imide groups is 1. The van der Waals surface area contributed by atoms with Gasteiger partial charge in [-0.3, -0.25) is 24.6 Å². The van der Waals surface area contributed by atoms with E-state index in [4.69, 9.17) is 4.74 Å². The average Bonchev–Trinajstić information content (AvgIpc) is 2.44. The van der Waals surface area contributed by atoms with Crippen molar-refractivity contribution in [3.63, 3.8) is 0 Å². The minimum atomic E-state index is -0.514. The van der Waals surface area contributed by atoms with Crippen molar-refractivity contribution in [3.8, 4) is 0 Å². The highest BCUT2D eigenvalue weighted by molar-refractivity contribution is 5.99. The van der Waals surface area contributed by atoms with Gasteiger partial charge in [-0.05, 0) is 5.56 Å². The van der Waals surface area contributed by atoms with E-state index in [2.05, 4.69) is 5.32 Å². The molecule has 1 saturated heterocycles. The molecular formula is C14H16N2O4. The van der Waals surface area contributed by atoms with Gasteiger partial charge in [0.15, 0.2) is 0 Å². The summed E-state index contributed by atoms with van der Waals surface area (Å²) in [7, 11) is 1.33. The van der Waals surface area contributed by atoms with Gasteiger partial charge in [0.1, 0.15) is 0 Å². The summed E-state index contributed by atoms with van der Waals surface area (Å²) in [5.41, 5.74) is 0.804. The number of piperazine rings is 1. The molecule has 0 spiro atoms. The van der Waals surface area contributed by atoms with E-state index >= 15 is 0 Å². The molecule has 20 heavy (non-hydrogen) atoms. The van der Waals surface area contributed by atoms with E-state index < -0.39 is 5.92 Å². The van der Waals surface area contributed by atoms with Crippen LogP contribution in [0.25, 0.3) is 0 Å². The number of nitrogens with zero attached hydrogens (tertiary/aromatic N) is 1. The van der Waals surface area contributed by atoms with Gasteiger partial charge >= 0.3 is 5.97 Å². The number of amides is 2. The fourth-order valence-corrected chi connectivity index (χ4v) is 2.23. The predicted octanol–water partition coefficient (Wildman–Crippen LogP) is -0.0984. The molecule has 1 aromatic rings. The molecule has 6 heteroatoms. The summed E-state index contributed by atoms with van der Waals surface area (Å²) in [6.45, 7) is 0.480. The summed E-state index contributed by atoms with van der Waals surface area (Å²) in [6, 6.07) is 9.18. The highest BCUT2D eigenvalue weighted by Crippen LogP contribution is 2.19. The van der Waals surface area contributed by atoms with Crippen molar-refractivity contribution in [1.29, 1.82) is 0 Å². The zero-order valence-corrected chi connectivity index (χ0v) is 11.2. The monoisotopic (exact) mass is 276 g/mol. The van der Waals surface area contributed by atoms with E-state index in [-0.39, 0.29) is 37.4 Å². The molecule has 0 saturated carbocycles. The van der Waals surface area contributed by atoms with E-state index in [1.54, 1.807) is 4.90 Å². The van der Waals surface area contributed by atoms with Crippen molar-refractivity contribution in [2.24, 2.45) is 0 Å². The Morgan fingerprint density at radius 1 is 1.25 bits per heavy atom. The predicted molar refractivity (Wildman–Crippen MR) is 70.8 cm³/mol. The van der Waals surface area contributed by atoms with Crippen molar-refractivity contribution >= 4 is 17.8 Å². The Labute approximate surface area is 116 Å². The van der Waals surface area contributed by atoms with Gasteiger partial charge in [-0.25, -0.2) is 0 Å². The van der Waals surface area contributed by atoms with Crippen LogP contribution >= 0.6 is 0 Å². The normalized spacial score (nSPS) is 17.4. The van der Waals surface area contributed by atoms with Crippen LogP contribution in [0.1, 0.15) is 11.5 Å². The van der Waals surface area contributed by atoms with Crippen LogP contribution in [0.15, 0.2) is 30.3 Å². The largest absolute Gasteiger partial charge is 0.469 e. The van der Waals surface area contributed by atoms with Crippen molar-refractivity contribution in [2.45, 2.75) is 5.92 Å². The summed E-state index contributed by atoms with van der Waals surface area (Å²) >= 11 is 0. The Balaban J connectivity index is 2.14. The molecule has 1 atom stereocenters. The number of esters is 1. The van der Waals surface area contributed by atoms with Crippen LogP contribution in [-0.4, -0.2) is 49.4 Å². The van der Waals surface area contributed by atoms with Crippen LogP contribution in [0.4, 0.5) is 0 Å². The molecule has 1 aliphatic heterocycles. The maximum absolute atomic E-state index is 11.9. The lowest BCUT2D eigenvalue weighted by molar-refractivity contribution is -0.145. The summed E-state index contributed by atoms with van der Waals surface area (Å²) in [4.78, 5) is 36.3. The molecule has 2 rings (SSSR count). The number of carbonyl (C=O) groups is 3. The second-order valence-corrected chi connectivity index (χ2v) is 4.63. The lowest BCUT2D eigenvalue weighted by atomic mass is 9.98. The molecular weight excluding hydrogens is 260 g/mol. The van der Waals surface area contributed by atoms with Gasteiger partial charge in [0.05, 0.1) is 26.1 Å². The first-order chi connectivity index (χ1) is 9.60. The van der Waals surface area contributed by atoms with E-state index in [1.807, 2.05) is 30.3 Å². The Kier molecular flexibility index (Phi) is 4.47. The second kappa shape index (κ2) is 6.29. The third-order valence-corrected chi connectivity index (χ3v) is 3.14. The van der Waals surface area contributed by atoms with Gasteiger partial charge in [0, 0.05) is 6.54 Å². The molecule has 1 unspecified atom stereocenters. The highest BCUT2D eigenvalue weighted by Gasteiger charge is 2.29. The maximum Gasteiger partial charge on any atom is 0.314 e. The summed E-state index contributed by atoms with van der Waals surface area (Å²) in [6.07, 6.45) is 0. The third kappa shape index (κ3) is 3.42. The molecule has 1 aromatic carbocycles. The fourth-order valence-electron chi connectivity index (χ4n) is 2.23. The molecule has 106 valence electrons. The SMILES string of the molecule is COC(=O)C(CN1CC(=O)NC(=O)C1)c1ccccc1. The first-order valence-corrected chi connectivity index (χ1v) is 6.28. The van der Waals surface area contributed by atoms with Crippen LogP contribution in [0.5, 0.6) is 0 Å². The zero-order chi connectivity index (χ0) is 14.5. The van der Waals surface area contributed by atoms with E-state index in [0.29, 0.717) is 0 Å². The van der Waals surface area contributed by atoms with Gasteiger partial charge < -0.3 is 4.74 Å². The molecule has 0 aliphatic carbocycles. The van der Waals surface area contributed by atoms with Crippen LogP contribution in [0.2, 0.25) is 0 Å². The molecule has 2 amide bonds. The van der Waals surface area contributed by atoms with Gasteiger partial charge in [-0.2, -0.15) is 0 Å². The second-order valence-electron chi connectivity index (χ2n) is 4.63. The van der Waals surface area contributed by atoms with Gasteiger partial charge in [-0.1, -0.05) is 30.3 Å². The first-order valence-electron chi connectivity index (χ1n) is 6.28. The van der Waals surface area contributed by atoms with Crippen LogP contribution in [0.3, 0.4) is 0 Å². The van der Waals surface area contributed by atoms with Gasteiger partial charge in [0.2, 0.25) is 11.8 Å². The van der Waals surface area contributed by atoms with E-state index in [0.717, 1.165) is 5.56 Å². The Bertz CT molecular complexity index is 499. The van der Waals surface area contributed by atoms with Crippen molar-refractivity contribution < 1.29 is 19.1 Å². The molecule has 1 aliphatic rings. The minimum absolute atomic E-state index is 0.103. The zero-order valence-electron chi connectivity index (χ0n) is 11.2. The van der Waals surface area contributed by atoms with E-state index in [1.165, 1.54) is 7.11 Å². The molecule has 1 fully saturated rings. The number of methoxy groups -OCH3 is 1. The lowest BCUT2D eigenvalue weighted by Crippen LogP contribution is -2.52. The average molecular weight is 276 g/mol. The summed E-state index contributed by atoms with van der Waals surface area (Å²) < 4.78 is 4.81. The Morgan fingerprint density at radius 3 is 2.40 bits per heavy atom. The van der Waals surface area contributed by atoms with E-state index in [9.17, 15) is 14.4 Å². The number of ether oxygens (including phenoxy) is 1. The molecule has 0 bridgehead atoms. The molecule has 6 nitrogen and oxygen atoms in total. The molecule has 0 aromatic heterocycles. The number of benzene rings is 1. The number of hydrogen-bond donors (Lipinski definition) is 1. The molecule has 1 N–H and O–H groups in total. The first kappa shape index (κ1) is 14.2. The Morgan fingerprint density at radius 2 is 1.85 bits per heavy atom. The molecule has 0 radical (unpaired) electrons.